The van der Waals surface area contributed by atoms with Crippen LogP contribution in [0.25, 0.3) is 0 Å². The summed E-state index contributed by atoms with van der Waals surface area (Å²) in [7, 11) is -4.33. The van der Waals surface area contributed by atoms with Crippen molar-refractivity contribution < 1.29 is 13.0 Å². The summed E-state index contributed by atoms with van der Waals surface area (Å²) >= 11 is 0. The average molecular weight is 273 g/mol. The number of rotatable bonds is 8. The molecule has 0 saturated heterocycles. The lowest BCUT2D eigenvalue weighted by Gasteiger charge is -2.01. The summed E-state index contributed by atoms with van der Waals surface area (Å²) < 4.78 is 30.5. The first-order valence-electron chi connectivity index (χ1n) is 6.19. The van der Waals surface area contributed by atoms with E-state index in [0.717, 1.165) is 19.2 Å². The lowest BCUT2D eigenvalue weighted by atomic mass is 10.1. The fourth-order valence-electron chi connectivity index (χ4n) is 1.62. The molecule has 0 spiro atoms. The molecule has 0 atom stereocenters. The average Bonchev–Trinajstić information content (AvgIpc) is 2.33. The van der Waals surface area contributed by atoms with Gasteiger partial charge < -0.3 is 0 Å². The van der Waals surface area contributed by atoms with Gasteiger partial charge in [-0.05, 0) is 6.42 Å². The van der Waals surface area contributed by atoms with Crippen LogP contribution in [0.4, 0.5) is 0 Å². The van der Waals surface area contributed by atoms with E-state index in [-0.39, 0.29) is 0 Å². The predicted molar refractivity (Wildman–Crippen MR) is 66.7 cm³/mol. The highest BCUT2D eigenvalue weighted by atomic mass is 32.2. The molecule has 1 heterocycles. The zero-order chi connectivity index (χ0) is 13.4. The molecule has 0 aromatic carbocycles. The van der Waals surface area contributed by atoms with E-state index in [4.69, 9.17) is 4.55 Å². The van der Waals surface area contributed by atoms with Crippen molar-refractivity contribution in [2.45, 2.75) is 57.0 Å². The largest absolute Gasteiger partial charge is 0.330 e. The highest BCUT2D eigenvalue weighted by Crippen LogP contribution is 2.08. The molecule has 102 valence electrons. The van der Waals surface area contributed by atoms with Crippen LogP contribution in [0.15, 0.2) is 11.5 Å². The normalized spacial score (nSPS) is 11.7. The molecule has 18 heavy (non-hydrogen) atoms. The highest BCUT2D eigenvalue weighted by Gasteiger charge is 2.14. The van der Waals surface area contributed by atoms with Crippen LogP contribution < -0.4 is 0 Å². The van der Waals surface area contributed by atoms with Crippen molar-refractivity contribution in [2.24, 2.45) is 0 Å². The maximum Gasteiger partial charge on any atom is 0.330 e. The van der Waals surface area contributed by atoms with E-state index in [0.29, 0.717) is 12.2 Å². The predicted octanol–water partition coefficient (Wildman–Crippen LogP) is 2.02. The van der Waals surface area contributed by atoms with Gasteiger partial charge in [-0.3, -0.25) is 4.55 Å². The fraction of sp³-hybridized carbons (Fsp3) is 0.727. The smallest absolute Gasteiger partial charge is 0.279 e. The third-order valence-electron chi connectivity index (χ3n) is 2.58. The molecule has 7 heteroatoms. The molecule has 0 bridgehead atoms. The molecule has 0 fully saturated rings. The minimum Gasteiger partial charge on any atom is -0.279 e. The number of aryl methyl sites for hydroxylation is 1. The Labute approximate surface area is 108 Å². The van der Waals surface area contributed by atoms with Gasteiger partial charge in [0.25, 0.3) is 5.16 Å². The zero-order valence-electron chi connectivity index (χ0n) is 10.5. The monoisotopic (exact) mass is 273 g/mol. The van der Waals surface area contributed by atoms with Crippen molar-refractivity contribution >= 4 is 10.1 Å². The second kappa shape index (κ2) is 7.38. The van der Waals surface area contributed by atoms with Crippen LogP contribution in [-0.4, -0.2) is 27.9 Å². The molecule has 0 amide bonds. The molecule has 0 radical (unpaired) electrons. The van der Waals surface area contributed by atoms with Gasteiger partial charge in [0.15, 0.2) is 0 Å². The number of hydrogen-bond donors (Lipinski definition) is 1. The fourth-order valence-corrected chi connectivity index (χ4v) is 2.02. The summed E-state index contributed by atoms with van der Waals surface area (Å²) in [5.74, 6) is 0.410. The van der Waals surface area contributed by atoms with Gasteiger partial charge in [0.1, 0.15) is 12.2 Å². The molecule has 6 nitrogen and oxygen atoms in total. The number of aromatic nitrogens is 3. The van der Waals surface area contributed by atoms with Crippen molar-refractivity contribution in [2.75, 3.05) is 0 Å². The van der Waals surface area contributed by atoms with E-state index in [1.165, 1.54) is 25.7 Å². The summed E-state index contributed by atoms with van der Waals surface area (Å²) in [6, 6.07) is 0. The number of nitrogens with zero attached hydrogens (tertiary/aromatic N) is 3. The third-order valence-corrected chi connectivity index (χ3v) is 3.24. The maximum atomic E-state index is 10.8. The molecular weight excluding hydrogens is 254 g/mol. The standard InChI is InChI=1S/C11H19N3O3S/c1-2-3-4-5-6-7-8-10-12-9-13-11(14-10)18(15,16)17/h9H,2-8H2,1H3,(H,15,16,17). The first-order chi connectivity index (χ1) is 8.54. The maximum absolute atomic E-state index is 10.8. The van der Waals surface area contributed by atoms with Crippen molar-refractivity contribution in [1.82, 2.24) is 15.0 Å². The molecule has 1 N–H and O–H groups in total. The molecular formula is C11H19N3O3S. The Hall–Kier alpha value is -1.08. The van der Waals surface area contributed by atoms with Crippen molar-refractivity contribution in [3.8, 4) is 0 Å². The lowest BCUT2D eigenvalue weighted by molar-refractivity contribution is 0.471. The zero-order valence-corrected chi connectivity index (χ0v) is 11.4. The summed E-state index contributed by atoms with van der Waals surface area (Å²) in [6.07, 6.45) is 8.57. The van der Waals surface area contributed by atoms with E-state index < -0.39 is 15.3 Å². The van der Waals surface area contributed by atoms with Gasteiger partial charge in [0.05, 0.1) is 0 Å². The molecule has 1 aromatic rings. The highest BCUT2D eigenvalue weighted by molar-refractivity contribution is 7.85. The van der Waals surface area contributed by atoms with Crippen LogP contribution in [0.1, 0.15) is 51.3 Å². The lowest BCUT2D eigenvalue weighted by Crippen LogP contribution is -2.08. The Bertz CT molecular complexity index is 462. The second-order valence-corrected chi connectivity index (χ2v) is 5.49. The van der Waals surface area contributed by atoms with Crippen molar-refractivity contribution in [3.05, 3.63) is 12.2 Å². The molecule has 0 aliphatic carbocycles. The Morgan fingerprint density at radius 1 is 1.11 bits per heavy atom. The van der Waals surface area contributed by atoms with Crippen LogP contribution in [0.3, 0.4) is 0 Å². The summed E-state index contributed by atoms with van der Waals surface area (Å²) in [5.41, 5.74) is 0. The molecule has 0 saturated carbocycles. The van der Waals surface area contributed by atoms with Gasteiger partial charge in [-0.25, -0.2) is 15.0 Å². The topological polar surface area (TPSA) is 93.0 Å². The van der Waals surface area contributed by atoms with Crippen LogP contribution in [-0.2, 0) is 16.5 Å². The van der Waals surface area contributed by atoms with Crippen LogP contribution >= 0.6 is 0 Å². The van der Waals surface area contributed by atoms with Crippen LogP contribution in [0, 0.1) is 0 Å². The molecule has 1 rings (SSSR count). The molecule has 0 unspecified atom stereocenters. The first kappa shape index (κ1) is 15.0. The molecule has 0 aliphatic rings. The van der Waals surface area contributed by atoms with Gasteiger partial charge in [0, 0.05) is 6.42 Å². The van der Waals surface area contributed by atoms with E-state index in [2.05, 4.69) is 21.9 Å². The SMILES string of the molecule is CCCCCCCCc1ncnc(S(=O)(=O)O)n1. The van der Waals surface area contributed by atoms with Crippen molar-refractivity contribution in [1.29, 1.82) is 0 Å². The van der Waals surface area contributed by atoms with Gasteiger partial charge in [-0.2, -0.15) is 8.42 Å². The van der Waals surface area contributed by atoms with Gasteiger partial charge in [-0.15, -0.1) is 0 Å². The van der Waals surface area contributed by atoms with E-state index in [1.807, 2.05) is 0 Å². The Morgan fingerprint density at radius 2 is 1.78 bits per heavy atom. The number of hydrogen-bond acceptors (Lipinski definition) is 5. The Kier molecular flexibility index (Phi) is 6.14. The number of unbranched alkanes of at least 4 members (excludes halogenated alkanes) is 5. The van der Waals surface area contributed by atoms with Gasteiger partial charge >= 0.3 is 10.1 Å². The summed E-state index contributed by atoms with van der Waals surface area (Å²) in [5, 5.41) is -0.571. The van der Waals surface area contributed by atoms with Crippen molar-refractivity contribution in [3.63, 3.8) is 0 Å². The first-order valence-corrected chi connectivity index (χ1v) is 7.63. The summed E-state index contributed by atoms with van der Waals surface area (Å²) in [4.78, 5) is 11.0. The van der Waals surface area contributed by atoms with Crippen LogP contribution in [0.5, 0.6) is 0 Å². The summed E-state index contributed by atoms with van der Waals surface area (Å²) in [6.45, 7) is 2.17. The Balaban J connectivity index is 2.39. The third kappa shape index (κ3) is 5.50. The minimum atomic E-state index is -4.33. The Morgan fingerprint density at radius 3 is 2.44 bits per heavy atom. The van der Waals surface area contributed by atoms with Crippen LogP contribution in [0.2, 0.25) is 0 Å². The molecule has 1 aromatic heterocycles. The quantitative estimate of drug-likeness (QED) is 0.575. The van der Waals surface area contributed by atoms with E-state index >= 15 is 0 Å². The van der Waals surface area contributed by atoms with E-state index in [1.54, 1.807) is 0 Å². The van der Waals surface area contributed by atoms with Gasteiger partial charge in [-0.1, -0.05) is 39.0 Å². The molecule has 0 aliphatic heterocycles. The van der Waals surface area contributed by atoms with E-state index in [9.17, 15) is 8.42 Å². The van der Waals surface area contributed by atoms with Gasteiger partial charge in [0.2, 0.25) is 0 Å². The second-order valence-electron chi connectivity index (χ2n) is 4.18. The minimum absolute atomic E-state index is 0.410.